The molecule has 1 aromatic rings. The lowest BCUT2D eigenvalue weighted by atomic mass is 9.63. The second kappa shape index (κ2) is 5.87. The van der Waals surface area contributed by atoms with Gasteiger partial charge in [-0.3, -0.25) is 4.79 Å². The minimum absolute atomic E-state index is 0.0756. The van der Waals surface area contributed by atoms with E-state index in [0.29, 0.717) is 11.0 Å². The molecule has 1 saturated heterocycles. The maximum absolute atomic E-state index is 12.5. The third-order valence-electron chi connectivity index (χ3n) is 6.22. The van der Waals surface area contributed by atoms with E-state index >= 15 is 0 Å². The Hall–Kier alpha value is -2.35. The molecule has 0 aromatic carbocycles. The van der Waals surface area contributed by atoms with Gasteiger partial charge in [0.25, 0.3) is 0 Å². The molecule has 0 amide bonds. The van der Waals surface area contributed by atoms with Gasteiger partial charge < -0.3 is 9.80 Å². The Morgan fingerprint density at radius 3 is 2.52 bits per heavy atom. The van der Waals surface area contributed by atoms with Gasteiger partial charge >= 0.3 is 0 Å². The lowest BCUT2D eigenvalue weighted by molar-refractivity contribution is -0.114. The van der Waals surface area contributed by atoms with Crippen molar-refractivity contribution in [3.8, 4) is 6.07 Å². The van der Waals surface area contributed by atoms with Gasteiger partial charge in [0, 0.05) is 45.4 Å². The van der Waals surface area contributed by atoms with Crippen molar-refractivity contribution in [3.05, 3.63) is 29.0 Å². The number of rotatable bonds is 2. The third kappa shape index (κ3) is 2.60. The van der Waals surface area contributed by atoms with E-state index in [4.69, 9.17) is 0 Å². The molecular formula is C20H24N4O. The number of Topliss-reactive ketones (excluding diaryl/α,β-unsaturated/α-hetero) is 1. The summed E-state index contributed by atoms with van der Waals surface area (Å²) in [5, 5.41) is 9.65. The second-order valence-electron chi connectivity index (χ2n) is 7.87. The van der Waals surface area contributed by atoms with Crippen molar-refractivity contribution < 1.29 is 4.79 Å². The number of likely N-dealkylation sites (tertiary alicyclic amines) is 1. The number of carbonyl (C=O) groups excluding carboxylic acids is 1. The van der Waals surface area contributed by atoms with E-state index in [1.165, 1.54) is 32.1 Å². The van der Waals surface area contributed by atoms with E-state index in [2.05, 4.69) is 16.0 Å². The zero-order valence-electron chi connectivity index (χ0n) is 15.0. The first-order chi connectivity index (χ1) is 12.0. The number of aromatic nitrogens is 1. The van der Waals surface area contributed by atoms with Crippen LogP contribution in [0.1, 0.15) is 43.2 Å². The molecule has 0 N–H and O–H groups in total. The minimum atomic E-state index is -0.0756. The van der Waals surface area contributed by atoms with Crippen molar-refractivity contribution in [1.82, 2.24) is 9.88 Å². The van der Waals surface area contributed by atoms with Gasteiger partial charge in [0.1, 0.15) is 17.5 Å². The number of hydrogen-bond acceptors (Lipinski definition) is 5. The van der Waals surface area contributed by atoms with E-state index in [1.807, 2.05) is 25.1 Å². The van der Waals surface area contributed by atoms with Gasteiger partial charge in [-0.25, -0.2) is 4.98 Å². The number of nitrogens with zero attached hydrogens (tertiary/aromatic N) is 4. The summed E-state index contributed by atoms with van der Waals surface area (Å²) in [5.41, 5.74) is 3.66. The van der Waals surface area contributed by atoms with Crippen LogP contribution in [0.4, 0.5) is 5.82 Å². The Balaban J connectivity index is 1.74. The summed E-state index contributed by atoms with van der Waals surface area (Å²) in [6.07, 6.45) is 8.46. The van der Waals surface area contributed by atoms with Crippen LogP contribution in [0.5, 0.6) is 0 Å². The van der Waals surface area contributed by atoms with Crippen molar-refractivity contribution in [2.24, 2.45) is 5.41 Å². The van der Waals surface area contributed by atoms with E-state index < -0.39 is 0 Å². The molecule has 2 fully saturated rings. The van der Waals surface area contributed by atoms with Gasteiger partial charge in [0.15, 0.2) is 5.78 Å². The number of carbonyl (C=O) groups is 1. The van der Waals surface area contributed by atoms with Gasteiger partial charge in [-0.05, 0) is 42.7 Å². The number of allylic oxidation sites excluding steroid dienone is 1. The smallest absolute Gasteiger partial charge is 0.179 e. The van der Waals surface area contributed by atoms with E-state index in [9.17, 15) is 10.1 Å². The number of pyridine rings is 1. The van der Waals surface area contributed by atoms with Crippen molar-refractivity contribution in [2.45, 2.75) is 38.5 Å². The standard InChI is InChI=1S/C20H24N4O/c1-23(2)18-11-15-14(13-22-18)10-17(25)16(12-21)19(15)24-8-6-20(7-9-24)4-3-5-20/h11,13H,3-10H2,1-2H3. The molecule has 5 nitrogen and oxygen atoms in total. The molecule has 1 saturated carbocycles. The monoisotopic (exact) mass is 336 g/mol. The fourth-order valence-electron chi connectivity index (χ4n) is 4.43. The summed E-state index contributed by atoms with van der Waals surface area (Å²) >= 11 is 0. The first-order valence-electron chi connectivity index (χ1n) is 9.12. The Kier molecular flexibility index (Phi) is 3.79. The molecule has 0 radical (unpaired) electrons. The maximum atomic E-state index is 12.5. The van der Waals surface area contributed by atoms with Crippen LogP contribution in [0.3, 0.4) is 0 Å². The Bertz CT molecular complexity index is 788. The topological polar surface area (TPSA) is 60.2 Å². The van der Waals surface area contributed by atoms with Crippen molar-refractivity contribution in [1.29, 1.82) is 5.26 Å². The zero-order valence-corrected chi connectivity index (χ0v) is 15.0. The van der Waals surface area contributed by atoms with Crippen LogP contribution < -0.4 is 4.90 Å². The molecule has 4 rings (SSSR count). The lowest BCUT2D eigenvalue weighted by Gasteiger charge is -2.49. The van der Waals surface area contributed by atoms with Crippen LogP contribution in [-0.2, 0) is 11.2 Å². The zero-order chi connectivity index (χ0) is 17.6. The van der Waals surface area contributed by atoms with Crippen LogP contribution in [-0.4, -0.2) is 42.9 Å². The number of nitriles is 1. The fraction of sp³-hybridized carbons (Fsp3) is 0.550. The normalized spacial score (nSPS) is 21.6. The molecule has 5 heteroatoms. The number of fused-ring (bicyclic) bond motifs is 1. The van der Waals surface area contributed by atoms with Crippen LogP contribution in [0.15, 0.2) is 17.8 Å². The van der Waals surface area contributed by atoms with Crippen LogP contribution >= 0.6 is 0 Å². The predicted octanol–water partition coefficient (Wildman–Crippen LogP) is 2.77. The van der Waals surface area contributed by atoms with Gasteiger partial charge in [0.05, 0.1) is 5.70 Å². The molecule has 2 heterocycles. The van der Waals surface area contributed by atoms with Crippen molar-refractivity contribution >= 4 is 17.3 Å². The minimum Gasteiger partial charge on any atom is -0.370 e. The molecule has 0 bridgehead atoms. The second-order valence-corrected chi connectivity index (χ2v) is 7.87. The summed E-state index contributed by atoms with van der Waals surface area (Å²) in [7, 11) is 3.91. The van der Waals surface area contributed by atoms with Gasteiger partial charge in [-0.1, -0.05) is 6.42 Å². The highest BCUT2D eigenvalue weighted by atomic mass is 16.1. The Morgan fingerprint density at radius 1 is 1.24 bits per heavy atom. The van der Waals surface area contributed by atoms with E-state index in [-0.39, 0.29) is 12.2 Å². The molecule has 1 spiro atoms. The van der Waals surface area contributed by atoms with Crippen LogP contribution in [0.25, 0.3) is 5.70 Å². The molecule has 3 aliphatic rings. The van der Waals surface area contributed by atoms with Gasteiger partial charge in [0.2, 0.25) is 0 Å². The average molecular weight is 336 g/mol. The van der Waals surface area contributed by atoms with Gasteiger partial charge in [-0.15, -0.1) is 0 Å². The van der Waals surface area contributed by atoms with Crippen LogP contribution in [0, 0.1) is 16.7 Å². The molecule has 1 aliphatic heterocycles. The van der Waals surface area contributed by atoms with Crippen LogP contribution in [0.2, 0.25) is 0 Å². The number of ketones is 1. The van der Waals surface area contributed by atoms with E-state index in [1.54, 1.807) is 6.20 Å². The fourth-order valence-corrected chi connectivity index (χ4v) is 4.43. The molecule has 25 heavy (non-hydrogen) atoms. The maximum Gasteiger partial charge on any atom is 0.179 e. The largest absolute Gasteiger partial charge is 0.370 e. The molecule has 1 aromatic heterocycles. The quantitative estimate of drug-likeness (QED) is 0.831. The van der Waals surface area contributed by atoms with Crippen molar-refractivity contribution in [2.75, 3.05) is 32.1 Å². The summed E-state index contributed by atoms with van der Waals surface area (Å²) in [6, 6.07) is 4.22. The molecule has 130 valence electrons. The summed E-state index contributed by atoms with van der Waals surface area (Å²) < 4.78 is 0. The van der Waals surface area contributed by atoms with Gasteiger partial charge in [-0.2, -0.15) is 5.26 Å². The Labute approximate surface area is 148 Å². The summed E-state index contributed by atoms with van der Waals surface area (Å²) in [6.45, 7) is 1.87. The molecule has 0 atom stereocenters. The van der Waals surface area contributed by atoms with Crippen molar-refractivity contribution in [3.63, 3.8) is 0 Å². The number of piperidine rings is 1. The Morgan fingerprint density at radius 2 is 1.96 bits per heavy atom. The first-order valence-corrected chi connectivity index (χ1v) is 9.12. The highest BCUT2D eigenvalue weighted by Crippen LogP contribution is 2.50. The average Bonchev–Trinajstić information content (AvgIpc) is 2.59. The predicted molar refractivity (Wildman–Crippen MR) is 96.9 cm³/mol. The molecular weight excluding hydrogens is 312 g/mol. The lowest BCUT2D eigenvalue weighted by Crippen LogP contribution is -2.43. The number of anilines is 1. The van der Waals surface area contributed by atoms with E-state index in [0.717, 1.165) is 35.7 Å². The highest BCUT2D eigenvalue weighted by Gasteiger charge is 2.41. The summed E-state index contributed by atoms with van der Waals surface area (Å²) in [5.74, 6) is 0.781. The SMILES string of the molecule is CN(C)c1cc2c(cn1)CC(=O)C(C#N)=C2N1CCC2(CCC2)CC1. The highest BCUT2D eigenvalue weighted by molar-refractivity contribution is 6.10. The third-order valence-corrected chi connectivity index (χ3v) is 6.22. The summed E-state index contributed by atoms with van der Waals surface area (Å²) in [4.78, 5) is 21.2. The first kappa shape index (κ1) is 16.1. The molecule has 0 unspecified atom stereocenters. The number of hydrogen-bond donors (Lipinski definition) is 0. The molecule has 2 aliphatic carbocycles.